The first-order chi connectivity index (χ1) is 7.24. The minimum absolute atomic E-state index is 0.0429. The summed E-state index contributed by atoms with van der Waals surface area (Å²) in [6.45, 7) is 1.94. The molecule has 1 N–H and O–H groups in total. The van der Waals surface area contributed by atoms with Crippen molar-refractivity contribution in [3.05, 3.63) is 0 Å². The number of rotatable bonds is 2. The van der Waals surface area contributed by atoms with Gasteiger partial charge < -0.3 is 4.74 Å². The summed E-state index contributed by atoms with van der Waals surface area (Å²) >= 11 is 0. The van der Waals surface area contributed by atoms with Crippen molar-refractivity contribution in [1.82, 2.24) is 5.43 Å². The summed E-state index contributed by atoms with van der Waals surface area (Å²) < 4.78 is 4.76. The lowest BCUT2D eigenvalue weighted by molar-refractivity contribution is -0.134. The predicted molar refractivity (Wildman–Crippen MR) is 51.9 cm³/mol. The number of nitrogens with zero attached hydrogens (tertiary/aromatic N) is 3. The molecule has 7 heteroatoms. The minimum atomic E-state index is -0.741. The van der Waals surface area contributed by atoms with Gasteiger partial charge in [-0.1, -0.05) is 0 Å². The lowest BCUT2D eigenvalue weighted by atomic mass is 10.1. The Balaban J connectivity index is 2.23. The highest BCUT2D eigenvalue weighted by atomic mass is 16.5. The highest BCUT2D eigenvalue weighted by molar-refractivity contribution is 6.69. The van der Waals surface area contributed by atoms with Crippen LogP contribution in [0.25, 0.3) is 0 Å². The SMILES string of the molecule is CCOC(=O)C1=NNC2C(=O)N=CN=C12. The van der Waals surface area contributed by atoms with Gasteiger partial charge in [-0.15, -0.1) is 0 Å². The molecular formula is C8H8N4O3. The summed E-state index contributed by atoms with van der Waals surface area (Å²) in [5.41, 5.74) is 2.81. The Hall–Kier alpha value is -2.05. The molecule has 1 amide bonds. The van der Waals surface area contributed by atoms with E-state index in [1.54, 1.807) is 6.92 Å². The molecule has 0 spiro atoms. The summed E-state index contributed by atoms with van der Waals surface area (Å²) in [7, 11) is 0. The van der Waals surface area contributed by atoms with Crippen LogP contribution in [-0.2, 0) is 14.3 Å². The molecule has 0 radical (unpaired) electrons. The number of hydrogen-bond acceptors (Lipinski definition) is 6. The fourth-order valence-electron chi connectivity index (χ4n) is 1.26. The Morgan fingerprint density at radius 1 is 1.67 bits per heavy atom. The van der Waals surface area contributed by atoms with Crippen molar-refractivity contribution >= 4 is 29.6 Å². The monoisotopic (exact) mass is 208 g/mol. The first-order valence-corrected chi connectivity index (χ1v) is 4.39. The van der Waals surface area contributed by atoms with E-state index >= 15 is 0 Å². The molecule has 2 aliphatic rings. The maximum atomic E-state index is 11.4. The van der Waals surface area contributed by atoms with E-state index in [-0.39, 0.29) is 18.0 Å². The van der Waals surface area contributed by atoms with E-state index in [9.17, 15) is 9.59 Å². The summed E-state index contributed by atoms with van der Waals surface area (Å²) in [5, 5.41) is 3.71. The average molecular weight is 208 g/mol. The van der Waals surface area contributed by atoms with E-state index in [0.717, 1.165) is 6.34 Å². The second-order valence-electron chi connectivity index (χ2n) is 2.84. The number of aliphatic imine (C=N–C) groups is 2. The average Bonchev–Trinajstić information content (AvgIpc) is 2.63. The van der Waals surface area contributed by atoms with E-state index in [1.807, 2.05) is 0 Å². The first kappa shape index (κ1) is 9.50. The number of carbonyl (C=O) groups excluding carboxylic acids is 2. The van der Waals surface area contributed by atoms with Crippen LogP contribution in [0.1, 0.15) is 6.92 Å². The third-order valence-corrected chi connectivity index (χ3v) is 1.92. The number of amides is 1. The van der Waals surface area contributed by atoms with Crippen molar-refractivity contribution in [3.8, 4) is 0 Å². The number of esters is 1. The molecule has 0 aromatic heterocycles. The standard InChI is InChI=1S/C8H8N4O3/c1-2-15-8(14)6-4-5(11-12-6)7(13)10-3-9-4/h3,5,11H,2H2,1H3. The highest BCUT2D eigenvalue weighted by Crippen LogP contribution is 2.07. The number of hydrazone groups is 1. The molecule has 2 heterocycles. The van der Waals surface area contributed by atoms with Crippen molar-refractivity contribution in [3.63, 3.8) is 0 Å². The maximum absolute atomic E-state index is 11.4. The second kappa shape index (κ2) is 3.60. The van der Waals surface area contributed by atoms with E-state index in [1.165, 1.54) is 0 Å². The number of nitrogens with one attached hydrogen (secondary N) is 1. The smallest absolute Gasteiger partial charge is 0.360 e. The number of carbonyl (C=O) groups is 2. The van der Waals surface area contributed by atoms with Gasteiger partial charge in [-0.3, -0.25) is 10.2 Å². The quantitative estimate of drug-likeness (QED) is 0.582. The Bertz CT molecular complexity index is 410. The first-order valence-electron chi connectivity index (χ1n) is 4.39. The van der Waals surface area contributed by atoms with Crippen LogP contribution in [0.2, 0.25) is 0 Å². The Labute approximate surface area is 84.9 Å². The molecule has 0 bridgehead atoms. The topological polar surface area (TPSA) is 92.5 Å². The van der Waals surface area contributed by atoms with Crippen LogP contribution in [0.5, 0.6) is 0 Å². The minimum Gasteiger partial charge on any atom is -0.461 e. The molecule has 1 unspecified atom stereocenters. The van der Waals surface area contributed by atoms with Crippen molar-refractivity contribution in [1.29, 1.82) is 0 Å². The molecule has 2 aliphatic heterocycles. The molecule has 0 aromatic carbocycles. The predicted octanol–water partition coefficient (Wildman–Crippen LogP) is -1.11. The van der Waals surface area contributed by atoms with Gasteiger partial charge in [-0.25, -0.2) is 9.79 Å². The van der Waals surface area contributed by atoms with Crippen LogP contribution in [0, 0.1) is 0 Å². The molecule has 0 saturated carbocycles. The largest absolute Gasteiger partial charge is 0.461 e. The zero-order chi connectivity index (χ0) is 10.8. The Kier molecular flexibility index (Phi) is 2.28. The second-order valence-corrected chi connectivity index (χ2v) is 2.84. The molecular weight excluding hydrogens is 200 g/mol. The van der Waals surface area contributed by atoms with E-state index in [2.05, 4.69) is 20.5 Å². The van der Waals surface area contributed by atoms with Crippen molar-refractivity contribution in [2.45, 2.75) is 13.0 Å². The number of hydrogen-bond donors (Lipinski definition) is 1. The van der Waals surface area contributed by atoms with Gasteiger partial charge in [0.15, 0.2) is 11.8 Å². The fourth-order valence-corrected chi connectivity index (χ4v) is 1.26. The van der Waals surface area contributed by atoms with Crippen LogP contribution in [0.15, 0.2) is 15.1 Å². The number of fused-ring (bicyclic) bond motifs is 1. The molecule has 15 heavy (non-hydrogen) atoms. The molecule has 1 atom stereocenters. The fraction of sp³-hybridized carbons (Fsp3) is 0.375. The van der Waals surface area contributed by atoms with Crippen LogP contribution in [0.4, 0.5) is 0 Å². The maximum Gasteiger partial charge on any atom is 0.360 e. The molecule has 0 saturated heterocycles. The normalized spacial score (nSPS) is 22.7. The lowest BCUT2D eigenvalue weighted by Crippen LogP contribution is -2.40. The van der Waals surface area contributed by atoms with Gasteiger partial charge in [-0.05, 0) is 6.92 Å². The molecule has 2 rings (SSSR count). The molecule has 0 aliphatic carbocycles. The highest BCUT2D eigenvalue weighted by Gasteiger charge is 2.38. The van der Waals surface area contributed by atoms with Crippen LogP contribution < -0.4 is 5.43 Å². The lowest BCUT2D eigenvalue weighted by Gasteiger charge is -2.09. The van der Waals surface area contributed by atoms with Gasteiger partial charge >= 0.3 is 5.97 Å². The van der Waals surface area contributed by atoms with Gasteiger partial charge in [0.2, 0.25) is 0 Å². The van der Waals surface area contributed by atoms with E-state index in [0.29, 0.717) is 0 Å². The van der Waals surface area contributed by atoms with Crippen molar-refractivity contribution in [2.24, 2.45) is 15.1 Å². The van der Waals surface area contributed by atoms with Crippen molar-refractivity contribution < 1.29 is 14.3 Å². The van der Waals surface area contributed by atoms with Gasteiger partial charge in [0.25, 0.3) is 5.91 Å². The van der Waals surface area contributed by atoms with E-state index in [4.69, 9.17) is 4.74 Å². The Morgan fingerprint density at radius 3 is 3.20 bits per heavy atom. The summed E-state index contributed by atoms with van der Waals surface area (Å²) in [6.07, 6.45) is 1.11. The van der Waals surface area contributed by atoms with Crippen LogP contribution in [0.3, 0.4) is 0 Å². The van der Waals surface area contributed by atoms with Gasteiger partial charge in [0.05, 0.1) is 6.61 Å². The van der Waals surface area contributed by atoms with Crippen LogP contribution >= 0.6 is 0 Å². The summed E-state index contributed by atoms with van der Waals surface area (Å²) in [4.78, 5) is 29.9. The van der Waals surface area contributed by atoms with Gasteiger partial charge in [0, 0.05) is 0 Å². The number of ether oxygens (including phenoxy) is 1. The van der Waals surface area contributed by atoms with E-state index < -0.39 is 17.9 Å². The third kappa shape index (κ3) is 1.51. The zero-order valence-corrected chi connectivity index (χ0v) is 7.93. The third-order valence-electron chi connectivity index (χ3n) is 1.92. The zero-order valence-electron chi connectivity index (χ0n) is 7.93. The molecule has 0 aromatic rings. The van der Waals surface area contributed by atoms with Gasteiger partial charge in [-0.2, -0.15) is 10.1 Å². The Morgan fingerprint density at radius 2 is 2.47 bits per heavy atom. The molecule has 78 valence electrons. The molecule has 0 fully saturated rings. The summed E-state index contributed by atoms with van der Waals surface area (Å²) in [6, 6.07) is -0.741. The summed E-state index contributed by atoms with van der Waals surface area (Å²) in [5.74, 6) is -1.00. The molecule has 7 nitrogen and oxygen atoms in total. The van der Waals surface area contributed by atoms with Gasteiger partial charge in [0.1, 0.15) is 12.1 Å². The van der Waals surface area contributed by atoms with Crippen LogP contribution in [-0.4, -0.2) is 42.3 Å². The van der Waals surface area contributed by atoms with Crippen molar-refractivity contribution in [2.75, 3.05) is 6.61 Å².